The number of carbonyl (C=O) groups excluding carboxylic acids is 1. The van der Waals surface area contributed by atoms with Gasteiger partial charge in [0.15, 0.2) is 0 Å². The lowest BCUT2D eigenvalue weighted by atomic mass is 9.98. The van der Waals surface area contributed by atoms with Crippen LogP contribution < -0.4 is 5.73 Å². The molecule has 0 spiro atoms. The number of amides is 1. The summed E-state index contributed by atoms with van der Waals surface area (Å²) in [5, 5.41) is 0. The van der Waals surface area contributed by atoms with Crippen molar-refractivity contribution in [1.29, 1.82) is 0 Å². The Labute approximate surface area is 126 Å². The van der Waals surface area contributed by atoms with Crippen LogP contribution in [0, 0.1) is 11.8 Å². The highest BCUT2D eigenvalue weighted by Crippen LogP contribution is 2.38. The average Bonchev–Trinajstić information content (AvgIpc) is 3.01. The van der Waals surface area contributed by atoms with Crippen molar-refractivity contribution in [1.82, 2.24) is 4.90 Å². The molecule has 3 rings (SSSR count). The second-order valence-corrected chi connectivity index (χ2v) is 5.89. The number of carbonyl (C=O) groups is 1. The molecule has 2 N–H and O–H groups in total. The number of likely N-dealkylation sites (tertiary alicyclic amines) is 1. The van der Waals surface area contributed by atoms with Gasteiger partial charge in [-0.1, -0.05) is 36.8 Å². The Morgan fingerprint density at radius 3 is 2.35 bits per heavy atom. The van der Waals surface area contributed by atoms with Crippen LogP contribution in [0.15, 0.2) is 30.3 Å². The summed E-state index contributed by atoms with van der Waals surface area (Å²) in [4.78, 5) is 14.7. The van der Waals surface area contributed by atoms with E-state index in [1.807, 2.05) is 30.3 Å². The van der Waals surface area contributed by atoms with Gasteiger partial charge in [0.1, 0.15) is 0 Å². The highest BCUT2D eigenvalue weighted by molar-refractivity contribution is 5.85. The molecule has 3 atom stereocenters. The van der Waals surface area contributed by atoms with Crippen LogP contribution in [0.3, 0.4) is 0 Å². The van der Waals surface area contributed by atoms with Crippen molar-refractivity contribution in [3.8, 4) is 0 Å². The maximum absolute atomic E-state index is 12.7. The quantitative estimate of drug-likeness (QED) is 0.930. The molecule has 20 heavy (non-hydrogen) atoms. The average molecular weight is 295 g/mol. The van der Waals surface area contributed by atoms with Crippen LogP contribution in [-0.4, -0.2) is 30.4 Å². The minimum absolute atomic E-state index is 0. The summed E-state index contributed by atoms with van der Waals surface area (Å²) < 4.78 is 0. The van der Waals surface area contributed by atoms with Gasteiger partial charge in [-0.25, -0.2) is 0 Å². The highest BCUT2D eigenvalue weighted by atomic mass is 35.5. The lowest BCUT2D eigenvalue weighted by Crippen LogP contribution is -2.37. The molecule has 3 nitrogen and oxygen atoms in total. The van der Waals surface area contributed by atoms with Crippen molar-refractivity contribution in [2.75, 3.05) is 19.6 Å². The number of rotatable bonds is 3. The van der Waals surface area contributed by atoms with Gasteiger partial charge in [-0.05, 0) is 30.2 Å². The van der Waals surface area contributed by atoms with Crippen LogP contribution in [0.4, 0.5) is 0 Å². The van der Waals surface area contributed by atoms with E-state index in [2.05, 4.69) is 4.90 Å². The number of hydrogen-bond donors (Lipinski definition) is 1. The van der Waals surface area contributed by atoms with Crippen LogP contribution in [0.1, 0.15) is 30.7 Å². The fourth-order valence-electron chi connectivity index (χ4n) is 3.70. The molecule has 1 aromatic rings. The van der Waals surface area contributed by atoms with Crippen molar-refractivity contribution >= 4 is 18.3 Å². The molecule has 0 bridgehead atoms. The van der Waals surface area contributed by atoms with Gasteiger partial charge in [-0.2, -0.15) is 0 Å². The topological polar surface area (TPSA) is 46.3 Å². The minimum Gasteiger partial charge on any atom is -0.342 e. The maximum atomic E-state index is 12.7. The molecule has 1 heterocycles. The molecule has 2 aliphatic rings. The maximum Gasteiger partial charge on any atom is 0.231 e. The van der Waals surface area contributed by atoms with Crippen molar-refractivity contribution in [2.45, 2.75) is 25.2 Å². The van der Waals surface area contributed by atoms with E-state index in [1.54, 1.807) is 0 Å². The molecule has 2 fully saturated rings. The molecule has 1 aliphatic heterocycles. The van der Waals surface area contributed by atoms with Gasteiger partial charge < -0.3 is 10.6 Å². The molecular weight excluding hydrogens is 272 g/mol. The summed E-state index contributed by atoms with van der Waals surface area (Å²) in [6.07, 6.45) is 3.94. The molecule has 0 aromatic heterocycles. The Kier molecular flexibility index (Phi) is 5.06. The fraction of sp³-hybridized carbons (Fsp3) is 0.562. The van der Waals surface area contributed by atoms with E-state index in [4.69, 9.17) is 5.73 Å². The monoisotopic (exact) mass is 294 g/mol. The first kappa shape index (κ1) is 15.3. The molecule has 3 unspecified atom stereocenters. The number of benzene rings is 1. The largest absolute Gasteiger partial charge is 0.342 e. The standard InChI is InChI=1S/C16H22N2O.ClH/c17-9-15(12-5-2-1-3-6-12)16(19)18-10-13-7-4-8-14(13)11-18;/h1-3,5-6,13-15H,4,7-11,17H2;1H. The van der Waals surface area contributed by atoms with Crippen LogP contribution in [0.25, 0.3) is 0 Å². The predicted octanol–water partition coefficient (Wildman–Crippen LogP) is 2.41. The molecule has 1 aromatic carbocycles. The highest BCUT2D eigenvalue weighted by Gasteiger charge is 2.39. The molecule has 1 amide bonds. The summed E-state index contributed by atoms with van der Waals surface area (Å²) >= 11 is 0. The molecule has 4 heteroatoms. The predicted molar refractivity (Wildman–Crippen MR) is 82.9 cm³/mol. The first-order chi connectivity index (χ1) is 9.29. The molecular formula is C16H23ClN2O. The number of fused-ring (bicyclic) bond motifs is 1. The van der Waals surface area contributed by atoms with Crippen LogP contribution in [0.2, 0.25) is 0 Å². The SMILES string of the molecule is Cl.NCC(C(=O)N1CC2CCCC2C1)c1ccccc1. The third-order valence-electron chi connectivity index (χ3n) is 4.77. The van der Waals surface area contributed by atoms with Gasteiger partial charge in [0, 0.05) is 19.6 Å². The number of nitrogens with zero attached hydrogens (tertiary/aromatic N) is 1. The number of nitrogens with two attached hydrogens (primary N) is 1. The summed E-state index contributed by atoms with van der Waals surface area (Å²) in [5.74, 6) is 1.56. The molecule has 110 valence electrons. The lowest BCUT2D eigenvalue weighted by Gasteiger charge is -2.23. The molecule has 0 radical (unpaired) electrons. The van der Waals surface area contributed by atoms with E-state index < -0.39 is 0 Å². The normalized spacial score (nSPS) is 25.9. The fourth-order valence-corrected chi connectivity index (χ4v) is 3.70. The third-order valence-corrected chi connectivity index (χ3v) is 4.77. The number of hydrogen-bond acceptors (Lipinski definition) is 2. The van der Waals surface area contributed by atoms with E-state index >= 15 is 0 Å². The molecule has 1 saturated heterocycles. The Bertz CT molecular complexity index is 439. The summed E-state index contributed by atoms with van der Waals surface area (Å²) in [7, 11) is 0. The van der Waals surface area contributed by atoms with Crippen molar-refractivity contribution in [2.24, 2.45) is 17.6 Å². The number of halogens is 1. The van der Waals surface area contributed by atoms with E-state index in [0.29, 0.717) is 6.54 Å². The van der Waals surface area contributed by atoms with Crippen molar-refractivity contribution in [3.63, 3.8) is 0 Å². The summed E-state index contributed by atoms with van der Waals surface area (Å²) in [5.41, 5.74) is 6.89. The zero-order chi connectivity index (χ0) is 13.2. The van der Waals surface area contributed by atoms with Crippen molar-refractivity contribution < 1.29 is 4.79 Å². The summed E-state index contributed by atoms with van der Waals surface area (Å²) in [6.45, 7) is 2.30. The van der Waals surface area contributed by atoms with Gasteiger partial charge in [0.05, 0.1) is 5.92 Å². The van der Waals surface area contributed by atoms with E-state index in [9.17, 15) is 4.79 Å². The Morgan fingerprint density at radius 1 is 1.20 bits per heavy atom. The van der Waals surface area contributed by atoms with Gasteiger partial charge >= 0.3 is 0 Å². The zero-order valence-electron chi connectivity index (χ0n) is 11.7. The van der Waals surface area contributed by atoms with Crippen LogP contribution >= 0.6 is 12.4 Å². The Balaban J connectivity index is 0.00000147. The first-order valence-electron chi connectivity index (χ1n) is 7.33. The second kappa shape index (κ2) is 6.59. The first-order valence-corrected chi connectivity index (χ1v) is 7.33. The Hall–Kier alpha value is -1.06. The van der Waals surface area contributed by atoms with Crippen molar-refractivity contribution in [3.05, 3.63) is 35.9 Å². The van der Waals surface area contributed by atoms with Gasteiger partial charge in [0.25, 0.3) is 0 Å². The third kappa shape index (κ3) is 2.84. The van der Waals surface area contributed by atoms with Gasteiger partial charge in [-0.3, -0.25) is 4.79 Å². The lowest BCUT2D eigenvalue weighted by molar-refractivity contribution is -0.131. The smallest absolute Gasteiger partial charge is 0.231 e. The summed E-state index contributed by atoms with van der Waals surface area (Å²) in [6, 6.07) is 9.94. The van der Waals surface area contributed by atoms with E-state index in [-0.39, 0.29) is 24.2 Å². The Morgan fingerprint density at radius 2 is 1.80 bits per heavy atom. The zero-order valence-corrected chi connectivity index (χ0v) is 12.5. The molecule has 1 aliphatic carbocycles. The minimum atomic E-state index is -0.167. The van der Waals surface area contributed by atoms with Crippen LogP contribution in [-0.2, 0) is 4.79 Å². The molecule has 1 saturated carbocycles. The van der Waals surface area contributed by atoms with Gasteiger partial charge in [0.2, 0.25) is 5.91 Å². The van der Waals surface area contributed by atoms with Gasteiger partial charge in [-0.15, -0.1) is 12.4 Å². The van der Waals surface area contributed by atoms with E-state index in [1.165, 1.54) is 19.3 Å². The van der Waals surface area contributed by atoms with Crippen LogP contribution in [0.5, 0.6) is 0 Å². The second-order valence-electron chi connectivity index (χ2n) is 5.89. The van der Waals surface area contributed by atoms with E-state index in [0.717, 1.165) is 30.5 Å².